The summed E-state index contributed by atoms with van der Waals surface area (Å²) in [6.07, 6.45) is 0.256. The molecule has 2 N–H and O–H groups in total. The number of benzene rings is 2. The maximum atomic E-state index is 12.3. The van der Waals surface area contributed by atoms with Gasteiger partial charge in [0.2, 0.25) is 5.91 Å². The summed E-state index contributed by atoms with van der Waals surface area (Å²) in [4.78, 5) is 12.3. The van der Waals surface area contributed by atoms with Crippen LogP contribution in [0.3, 0.4) is 0 Å². The normalized spacial score (nSPS) is 15.9. The Morgan fingerprint density at radius 3 is 2.78 bits per heavy atom. The maximum absolute atomic E-state index is 12.3. The fraction of sp³-hybridized carbons (Fsp3) is 0.238. The van der Waals surface area contributed by atoms with E-state index in [1.807, 2.05) is 41.9 Å². The molecule has 1 aliphatic rings. The van der Waals surface area contributed by atoms with E-state index in [0.717, 1.165) is 16.8 Å². The van der Waals surface area contributed by atoms with Gasteiger partial charge in [0.25, 0.3) is 0 Å². The minimum Gasteiger partial charge on any atom is -0.508 e. The number of methoxy groups -OCH3 is 1. The summed E-state index contributed by atoms with van der Waals surface area (Å²) in [5.41, 5.74) is 3.72. The maximum Gasteiger partial charge on any atom is 0.226 e. The van der Waals surface area contributed by atoms with Gasteiger partial charge in [-0.2, -0.15) is 5.10 Å². The number of hydrogen-bond acceptors (Lipinski definition) is 4. The van der Waals surface area contributed by atoms with Crippen LogP contribution in [0.1, 0.15) is 34.7 Å². The first-order chi connectivity index (χ1) is 13.1. The number of rotatable bonds is 4. The Balaban J connectivity index is 1.79. The van der Waals surface area contributed by atoms with Gasteiger partial charge in [-0.15, -0.1) is 0 Å². The van der Waals surface area contributed by atoms with E-state index in [2.05, 4.69) is 10.4 Å². The number of nitrogens with zero attached hydrogens (tertiary/aromatic N) is 2. The van der Waals surface area contributed by atoms with E-state index in [4.69, 9.17) is 4.74 Å². The van der Waals surface area contributed by atoms with Crippen molar-refractivity contribution in [1.29, 1.82) is 0 Å². The minimum atomic E-state index is -0.270. The van der Waals surface area contributed by atoms with Crippen LogP contribution in [0.5, 0.6) is 11.5 Å². The minimum absolute atomic E-state index is 0.112. The van der Waals surface area contributed by atoms with Crippen molar-refractivity contribution in [3.8, 4) is 11.5 Å². The average molecular weight is 363 g/mol. The number of nitrogens with one attached hydrogen (secondary N) is 1. The van der Waals surface area contributed by atoms with Crippen molar-refractivity contribution in [2.45, 2.75) is 25.8 Å². The van der Waals surface area contributed by atoms with Crippen LogP contribution in [0.2, 0.25) is 0 Å². The molecule has 27 heavy (non-hydrogen) atoms. The average Bonchev–Trinajstić information content (AvgIpc) is 2.97. The lowest BCUT2D eigenvalue weighted by molar-refractivity contribution is -0.116. The van der Waals surface area contributed by atoms with Gasteiger partial charge >= 0.3 is 0 Å². The SMILES string of the molecule is COc1ccc(O)c([C@@H]2CC(=O)Nc3nn(Cc4ccccc4)c(C)c32)c1. The van der Waals surface area contributed by atoms with Gasteiger partial charge in [0.15, 0.2) is 5.82 Å². The summed E-state index contributed by atoms with van der Waals surface area (Å²) in [5.74, 6) is 0.973. The molecule has 3 aromatic rings. The van der Waals surface area contributed by atoms with E-state index in [-0.39, 0.29) is 24.0 Å². The highest BCUT2D eigenvalue weighted by Crippen LogP contribution is 2.43. The molecule has 0 aliphatic carbocycles. The standard InChI is InChI=1S/C21H21N3O3/c1-13-20-17(16-10-15(27-2)8-9-18(16)25)11-19(26)22-21(20)23-24(13)12-14-6-4-3-5-7-14/h3-10,17,25H,11-12H2,1-2H3,(H,22,23,26)/t17-/m0/s1. The van der Waals surface area contributed by atoms with Gasteiger partial charge in [0.1, 0.15) is 11.5 Å². The van der Waals surface area contributed by atoms with E-state index >= 15 is 0 Å². The van der Waals surface area contributed by atoms with Crippen LogP contribution in [0.15, 0.2) is 48.5 Å². The van der Waals surface area contributed by atoms with Crippen molar-refractivity contribution in [2.24, 2.45) is 0 Å². The van der Waals surface area contributed by atoms with Gasteiger partial charge in [-0.1, -0.05) is 30.3 Å². The van der Waals surface area contributed by atoms with Gasteiger partial charge in [-0.05, 0) is 30.7 Å². The summed E-state index contributed by atoms with van der Waals surface area (Å²) in [6, 6.07) is 15.1. The van der Waals surface area contributed by atoms with Crippen LogP contribution in [0, 0.1) is 6.92 Å². The largest absolute Gasteiger partial charge is 0.508 e. The van der Waals surface area contributed by atoms with E-state index in [1.54, 1.807) is 25.3 Å². The van der Waals surface area contributed by atoms with Crippen molar-refractivity contribution < 1.29 is 14.6 Å². The van der Waals surface area contributed by atoms with Crippen molar-refractivity contribution >= 4 is 11.7 Å². The second-order valence-corrected chi connectivity index (χ2v) is 6.72. The van der Waals surface area contributed by atoms with E-state index in [1.165, 1.54) is 0 Å². The molecule has 0 saturated heterocycles. The molecule has 0 spiro atoms. The Bertz CT molecular complexity index is 995. The first-order valence-electron chi connectivity index (χ1n) is 8.84. The summed E-state index contributed by atoms with van der Waals surface area (Å²) < 4.78 is 7.20. The zero-order chi connectivity index (χ0) is 19.0. The van der Waals surface area contributed by atoms with Crippen LogP contribution in [-0.4, -0.2) is 27.9 Å². The van der Waals surface area contributed by atoms with Gasteiger partial charge in [0, 0.05) is 29.2 Å². The highest BCUT2D eigenvalue weighted by molar-refractivity contribution is 5.94. The molecule has 6 nitrogen and oxygen atoms in total. The number of fused-ring (bicyclic) bond motifs is 1. The van der Waals surface area contributed by atoms with Crippen molar-refractivity contribution in [2.75, 3.05) is 12.4 Å². The molecule has 6 heteroatoms. The highest BCUT2D eigenvalue weighted by atomic mass is 16.5. The molecular weight excluding hydrogens is 342 g/mol. The van der Waals surface area contributed by atoms with Gasteiger partial charge in [-0.25, -0.2) is 0 Å². The number of aromatic hydroxyl groups is 1. The second kappa shape index (κ2) is 6.79. The number of phenolic OH excluding ortho intramolecular Hbond substituents is 1. The third-order valence-electron chi connectivity index (χ3n) is 5.03. The monoisotopic (exact) mass is 363 g/mol. The van der Waals surface area contributed by atoms with Gasteiger partial charge in [0.05, 0.1) is 13.7 Å². The van der Waals surface area contributed by atoms with Crippen LogP contribution < -0.4 is 10.1 Å². The van der Waals surface area contributed by atoms with E-state index in [9.17, 15) is 9.90 Å². The topological polar surface area (TPSA) is 76.4 Å². The number of aromatic nitrogens is 2. The number of ether oxygens (including phenoxy) is 1. The molecule has 0 radical (unpaired) electrons. The fourth-order valence-electron chi connectivity index (χ4n) is 3.65. The Hall–Kier alpha value is -3.28. The molecule has 4 rings (SSSR count). The summed E-state index contributed by atoms with van der Waals surface area (Å²) >= 11 is 0. The number of anilines is 1. The third kappa shape index (κ3) is 3.14. The van der Waals surface area contributed by atoms with Gasteiger partial charge < -0.3 is 15.2 Å². The number of carbonyl (C=O) groups excluding carboxylic acids is 1. The van der Waals surface area contributed by atoms with Crippen LogP contribution in [0.25, 0.3) is 0 Å². The number of carbonyl (C=O) groups is 1. The predicted molar refractivity (Wildman–Crippen MR) is 102 cm³/mol. The molecule has 1 amide bonds. The van der Waals surface area contributed by atoms with Crippen LogP contribution in [-0.2, 0) is 11.3 Å². The molecular formula is C21H21N3O3. The molecule has 2 aromatic carbocycles. The number of amides is 1. The lowest BCUT2D eigenvalue weighted by Gasteiger charge is -2.24. The lowest BCUT2D eigenvalue weighted by Crippen LogP contribution is -2.23. The molecule has 1 aromatic heterocycles. The Morgan fingerprint density at radius 2 is 2.04 bits per heavy atom. The quantitative estimate of drug-likeness (QED) is 0.745. The number of phenols is 1. The molecule has 138 valence electrons. The predicted octanol–water partition coefficient (Wildman–Crippen LogP) is 3.43. The van der Waals surface area contributed by atoms with Crippen molar-refractivity contribution in [1.82, 2.24) is 9.78 Å². The lowest BCUT2D eigenvalue weighted by atomic mass is 9.85. The molecule has 0 fully saturated rings. The Morgan fingerprint density at radius 1 is 1.26 bits per heavy atom. The Kier molecular flexibility index (Phi) is 4.32. The fourth-order valence-corrected chi connectivity index (χ4v) is 3.65. The van der Waals surface area contributed by atoms with Crippen LogP contribution in [0.4, 0.5) is 5.82 Å². The first-order valence-corrected chi connectivity index (χ1v) is 8.84. The second-order valence-electron chi connectivity index (χ2n) is 6.72. The molecule has 1 atom stereocenters. The molecule has 0 saturated carbocycles. The van der Waals surface area contributed by atoms with Crippen LogP contribution >= 0.6 is 0 Å². The molecule has 2 heterocycles. The smallest absolute Gasteiger partial charge is 0.226 e. The summed E-state index contributed by atoms with van der Waals surface area (Å²) in [5, 5.41) is 17.9. The zero-order valence-corrected chi connectivity index (χ0v) is 15.3. The van der Waals surface area contributed by atoms with Gasteiger partial charge in [-0.3, -0.25) is 9.48 Å². The van der Waals surface area contributed by atoms with E-state index < -0.39 is 0 Å². The first kappa shape index (κ1) is 17.1. The Labute approximate surface area is 157 Å². The molecule has 1 aliphatic heterocycles. The highest BCUT2D eigenvalue weighted by Gasteiger charge is 2.33. The number of hydrogen-bond donors (Lipinski definition) is 2. The summed E-state index contributed by atoms with van der Waals surface area (Å²) in [7, 11) is 1.58. The van der Waals surface area contributed by atoms with Crippen molar-refractivity contribution in [3.63, 3.8) is 0 Å². The zero-order valence-electron chi connectivity index (χ0n) is 15.3. The van der Waals surface area contributed by atoms with E-state index in [0.29, 0.717) is 23.7 Å². The molecule has 0 unspecified atom stereocenters. The van der Waals surface area contributed by atoms with Crippen molar-refractivity contribution in [3.05, 3.63) is 70.9 Å². The summed E-state index contributed by atoms with van der Waals surface area (Å²) in [6.45, 7) is 2.61. The third-order valence-corrected chi connectivity index (χ3v) is 5.03. The molecule has 0 bridgehead atoms.